The lowest BCUT2D eigenvalue weighted by atomic mass is 9.52. The highest BCUT2D eigenvalue weighted by Gasteiger charge is 2.54. The molecule has 21 heavy (non-hydrogen) atoms. The van der Waals surface area contributed by atoms with Gasteiger partial charge in [-0.15, -0.1) is 0 Å². The topological polar surface area (TPSA) is 32.7 Å². The van der Waals surface area contributed by atoms with E-state index in [4.69, 9.17) is 4.74 Å². The van der Waals surface area contributed by atoms with Gasteiger partial charge in [-0.2, -0.15) is 0 Å². The Kier molecular flexibility index (Phi) is 3.05. The van der Waals surface area contributed by atoms with E-state index in [1.54, 1.807) is 7.11 Å². The minimum Gasteiger partial charge on any atom is -0.497 e. The Balaban J connectivity index is 1.88. The fraction of sp³-hybridized carbons (Fsp3) is 0.667. The molecule has 1 aliphatic heterocycles. The Morgan fingerprint density at radius 1 is 1.33 bits per heavy atom. The van der Waals surface area contributed by atoms with Gasteiger partial charge in [0, 0.05) is 11.5 Å². The van der Waals surface area contributed by atoms with Crippen molar-refractivity contribution in [3.8, 4) is 5.75 Å². The van der Waals surface area contributed by atoms with Crippen LogP contribution in [0.2, 0.25) is 0 Å². The smallest absolute Gasteiger partial charge is 0.119 e. The van der Waals surface area contributed by atoms with Gasteiger partial charge in [0.2, 0.25) is 0 Å². The quantitative estimate of drug-likeness (QED) is 0.860. The van der Waals surface area contributed by atoms with Crippen LogP contribution in [0.5, 0.6) is 5.75 Å². The van der Waals surface area contributed by atoms with Crippen molar-refractivity contribution in [2.24, 2.45) is 5.92 Å². The van der Waals surface area contributed by atoms with E-state index >= 15 is 0 Å². The third-order valence-corrected chi connectivity index (χ3v) is 6.34. The van der Waals surface area contributed by atoms with Crippen LogP contribution in [-0.2, 0) is 11.8 Å². The molecule has 4 rings (SSSR count). The molecular weight excluding hydrogens is 262 g/mol. The van der Waals surface area contributed by atoms with E-state index in [1.807, 2.05) is 0 Å². The zero-order chi connectivity index (χ0) is 14.6. The first-order valence-electron chi connectivity index (χ1n) is 8.20. The number of likely N-dealkylation sites (N-methyl/N-ethyl adjacent to an activating group) is 1. The van der Waals surface area contributed by atoms with E-state index in [2.05, 4.69) is 30.1 Å². The summed E-state index contributed by atoms with van der Waals surface area (Å²) in [6, 6.07) is 7.23. The van der Waals surface area contributed by atoms with Crippen LogP contribution in [0, 0.1) is 5.92 Å². The molecule has 1 heterocycles. The van der Waals surface area contributed by atoms with Gasteiger partial charge in [0.15, 0.2) is 0 Å². The summed E-state index contributed by atoms with van der Waals surface area (Å²) >= 11 is 0. The Morgan fingerprint density at radius 3 is 3.00 bits per heavy atom. The molecule has 0 radical (unpaired) electrons. The number of rotatable bonds is 1. The molecule has 1 N–H and O–H groups in total. The first-order valence-corrected chi connectivity index (χ1v) is 8.20. The van der Waals surface area contributed by atoms with Gasteiger partial charge in [0.25, 0.3) is 0 Å². The van der Waals surface area contributed by atoms with Crippen molar-refractivity contribution in [2.45, 2.75) is 49.7 Å². The number of methoxy groups -OCH3 is 1. The average Bonchev–Trinajstić information content (AvgIpc) is 2.50. The van der Waals surface area contributed by atoms with Crippen LogP contribution in [0.3, 0.4) is 0 Å². The number of ether oxygens (including phenoxy) is 1. The third-order valence-electron chi connectivity index (χ3n) is 6.34. The van der Waals surface area contributed by atoms with Crippen LogP contribution in [0.15, 0.2) is 18.2 Å². The van der Waals surface area contributed by atoms with Gasteiger partial charge in [-0.25, -0.2) is 0 Å². The molecule has 1 saturated carbocycles. The number of hydrogen-bond acceptors (Lipinski definition) is 3. The van der Waals surface area contributed by atoms with Crippen molar-refractivity contribution in [2.75, 3.05) is 20.7 Å². The van der Waals surface area contributed by atoms with Gasteiger partial charge in [0.05, 0.1) is 13.2 Å². The second-order valence-electron chi connectivity index (χ2n) is 7.22. The highest BCUT2D eigenvalue weighted by Crippen LogP contribution is 2.55. The van der Waals surface area contributed by atoms with Gasteiger partial charge >= 0.3 is 0 Å². The number of piperidine rings is 1. The molecule has 0 aromatic heterocycles. The fourth-order valence-corrected chi connectivity index (χ4v) is 5.31. The lowest BCUT2D eigenvalue weighted by molar-refractivity contribution is -0.0393. The molecular formula is C18H25NO2. The molecule has 2 bridgehead atoms. The number of aliphatic hydroxyl groups is 1. The Morgan fingerprint density at radius 2 is 2.19 bits per heavy atom. The molecule has 0 spiro atoms. The molecule has 2 aliphatic carbocycles. The SMILES string of the molecule is COc1ccc2c(c1)[C@]13CCN(C)[C@H](C2)[C@H]1CC[C@H](O)C3. The maximum absolute atomic E-state index is 10.3. The van der Waals surface area contributed by atoms with E-state index in [-0.39, 0.29) is 11.5 Å². The first-order chi connectivity index (χ1) is 10.1. The van der Waals surface area contributed by atoms with Crippen molar-refractivity contribution in [3.05, 3.63) is 29.3 Å². The summed E-state index contributed by atoms with van der Waals surface area (Å²) in [7, 11) is 4.01. The molecule has 3 heteroatoms. The monoisotopic (exact) mass is 287 g/mol. The summed E-state index contributed by atoms with van der Waals surface area (Å²) in [5.74, 6) is 1.65. The largest absolute Gasteiger partial charge is 0.497 e. The van der Waals surface area contributed by atoms with Crippen molar-refractivity contribution in [1.29, 1.82) is 0 Å². The van der Waals surface area contributed by atoms with Gasteiger partial charge in [0.1, 0.15) is 5.75 Å². The Labute approximate surface area is 126 Å². The van der Waals surface area contributed by atoms with Gasteiger partial charge < -0.3 is 14.7 Å². The van der Waals surface area contributed by atoms with Crippen LogP contribution >= 0.6 is 0 Å². The molecule has 2 fully saturated rings. The zero-order valence-corrected chi connectivity index (χ0v) is 13.0. The van der Waals surface area contributed by atoms with E-state index in [0.29, 0.717) is 12.0 Å². The normalized spacial score (nSPS) is 38.5. The minimum absolute atomic E-state index is 0.137. The molecule has 3 nitrogen and oxygen atoms in total. The molecule has 1 aromatic rings. The van der Waals surface area contributed by atoms with Gasteiger partial charge in [-0.1, -0.05) is 6.07 Å². The number of likely N-dealkylation sites (tertiary alicyclic amines) is 1. The van der Waals surface area contributed by atoms with Crippen LogP contribution in [0.1, 0.15) is 36.8 Å². The van der Waals surface area contributed by atoms with E-state index in [0.717, 1.165) is 38.0 Å². The summed E-state index contributed by atoms with van der Waals surface area (Å²) in [6.07, 6.45) is 5.24. The van der Waals surface area contributed by atoms with Crippen molar-refractivity contribution in [3.63, 3.8) is 0 Å². The van der Waals surface area contributed by atoms with Crippen molar-refractivity contribution < 1.29 is 9.84 Å². The molecule has 3 aliphatic rings. The highest BCUT2D eigenvalue weighted by molar-refractivity contribution is 5.45. The van der Waals surface area contributed by atoms with E-state index < -0.39 is 0 Å². The zero-order valence-electron chi connectivity index (χ0n) is 13.0. The van der Waals surface area contributed by atoms with E-state index in [9.17, 15) is 5.11 Å². The molecule has 0 amide bonds. The molecule has 4 atom stereocenters. The molecule has 0 unspecified atom stereocenters. The van der Waals surface area contributed by atoms with Crippen LogP contribution in [-0.4, -0.2) is 42.9 Å². The summed E-state index contributed by atoms with van der Waals surface area (Å²) < 4.78 is 5.47. The maximum atomic E-state index is 10.3. The minimum atomic E-state index is -0.137. The first kappa shape index (κ1) is 13.6. The van der Waals surface area contributed by atoms with Crippen LogP contribution < -0.4 is 4.74 Å². The summed E-state index contributed by atoms with van der Waals surface area (Å²) in [4.78, 5) is 2.55. The lowest BCUT2D eigenvalue weighted by Gasteiger charge is -2.59. The third kappa shape index (κ3) is 1.87. The highest BCUT2D eigenvalue weighted by atomic mass is 16.5. The molecule has 1 saturated heterocycles. The number of fused-ring (bicyclic) bond motifs is 1. The standard InChI is InChI=1S/C18H25NO2/c1-19-8-7-18-11-13(20)4-6-15(18)17(19)9-12-3-5-14(21-2)10-16(12)18/h3,5,10,13,15,17,20H,4,6-9,11H2,1-2H3/t13-,15+,17+,18-/m0/s1. The number of benzene rings is 1. The average molecular weight is 287 g/mol. The molecule has 114 valence electrons. The van der Waals surface area contributed by atoms with Gasteiger partial charge in [-0.05, 0) is 74.9 Å². The second kappa shape index (κ2) is 4.72. The predicted octanol–water partition coefficient (Wildman–Crippen LogP) is 2.35. The summed E-state index contributed by atoms with van der Waals surface area (Å²) in [5, 5.41) is 10.3. The number of nitrogens with zero attached hydrogens (tertiary/aromatic N) is 1. The van der Waals surface area contributed by atoms with Crippen molar-refractivity contribution in [1.82, 2.24) is 4.90 Å². The molecule has 1 aromatic carbocycles. The summed E-state index contributed by atoms with van der Waals surface area (Å²) in [6.45, 7) is 1.14. The van der Waals surface area contributed by atoms with Crippen LogP contribution in [0.25, 0.3) is 0 Å². The fourth-order valence-electron chi connectivity index (χ4n) is 5.31. The maximum Gasteiger partial charge on any atom is 0.119 e. The van der Waals surface area contributed by atoms with E-state index in [1.165, 1.54) is 17.5 Å². The number of hydrogen-bond donors (Lipinski definition) is 1. The Hall–Kier alpha value is -1.06. The second-order valence-corrected chi connectivity index (χ2v) is 7.22. The summed E-state index contributed by atoms with van der Waals surface area (Å²) in [5.41, 5.74) is 3.12. The van der Waals surface area contributed by atoms with Crippen LogP contribution in [0.4, 0.5) is 0 Å². The lowest BCUT2D eigenvalue weighted by Crippen LogP contribution is -2.61. The Bertz CT molecular complexity index is 558. The van der Waals surface area contributed by atoms with Crippen molar-refractivity contribution >= 4 is 0 Å². The number of aliphatic hydroxyl groups excluding tert-OH is 1. The van der Waals surface area contributed by atoms with Gasteiger partial charge in [-0.3, -0.25) is 0 Å². The predicted molar refractivity (Wildman–Crippen MR) is 82.8 cm³/mol.